The summed E-state index contributed by atoms with van der Waals surface area (Å²) in [4.78, 5) is 2.51. The van der Waals surface area contributed by atoms with Crippen LogP contribution in [-0.2, 0) is 26.7 Å². The van der Waals surface area contributed by atoms with Gasteiger partial charge in [-0.1, -0.05) is 15.9 Å². The molecular weight excluding hydrogens is 1100 g/mol. The van der Waals surface area contributed by atoms with E-state index in [0.29, 0.717) is 34.3 Å². The number of methoxy groups -OCH3 is 3. The molecule has 25 heteroatoms. The minimum absolute atomic E-state index is 0.0320. The highest BCUT2D eigenvalue weighted by Crippen LogP contribution is 2.40. The molecule has 1 aliphatic rings. The molecule has 6 rings (SSSR count). The molecule has 5 aromatic rings. The quantitative estimate of drug-likeness (QED) is 0.0593. The predicted octanol–water partition coefficient (Wildman–Crippen LogP) is 9.25. The highest BCUT2D eigenvalue weighted by Gasteiger charge is 2.36. The third-order valence-electron chi connectivity index (χ3n) is 8.90. The van der Waals surface area contributed by atoms with E-state index in [1.54, 1.807) is 18.2 Å². The second kappa shape index (κ2) is 19.7. The Balaban J connectivity index is 1.24. The van der Waals surface area contributed by atoms with E-state index in [4.69, 9.17) is 22.0 Å². The average molecular weight is 1130 g/mol. The number of sulfonamides is 2. The van der Waals surface area contributed by atoms with Crippen LogP contribution >= 0.6 is 38.9 Å². The summed E-state index contributed by atoms with van der Waals surface area (Å²) in [6, 6.07) is 15.2. The summed E-state index contributed by atoms with van der Waals surface area (Å²) in [5.41, 5.74) is 1.40. The molecule has 0 atom stereocenters. The van der Waals surface area contributed by atoms with Gasteiger partial charge in [0.05, 0.1) is 38.9 Å². The number of rotatable bonds is 17. The van der Waals surface area contributed by atoms with Crippen molar-refractivity contribution in [2.24, 2.45) is 0 Å². The van der Waals surface area contributed by atoms with Crippen molar-refractivity contribution in [1.82, 2.24) is 15.0 Å². The van der Waals surface area contributed by atoms with Crippen molar-refractivity contribution in [3.8, 4) is 51.4 Å². The molecule has 65 heavy (non-hydrogen) atoms. The molecule has 3 N–H and O–H groups in total. The van der Waals surface area contributed by atoms with Crippen LogP contribution in [0.4, 0.5) is 32.0 Å². The molecule has 0 unspecified atom stereocenters. The van der Waals surface area contributed by atoms with Crippen molar-refractivity contribution in [3.05, 3.63) is 119 Å². The normalized spacial score (nSPS) is 13.1. The summed E-state index contributed by atoms with van der Waals surface area (Å²) in [5, 5.41) is 2.96. The number of nitrogens with zero attached hydrogens (tertiary/aromatic N) is 1. The Hall–Kier alpha value is -5.80. The maximum absolute atomic E-state index is 13.8. The summed E-state index contributed by atoms with van der Waals surface area (Å²) >= 11 is 4.43. The molecule has 0 spiro atoms. The summed E-state index contributed by atoms with van der Waals surface area (Å²) in [7, 11) is -5.11. The fraction of sp³-hybridized carbons (Fsp3) is 0.175. The summed E-state index contributed by atoms with van der Waals surface area (Å²) in [5.74, 6) is -1.14. The SMILES string of the molecule is COc1ccc(C2=CC(NS(=O)(=O)c3cc(OC(F)(F)F)c(COc4ccc(-c5cncc(NS(=O)(=O)c6cc(Br)ccc6OC(F)(F)F)c5)c(OC)c4)cc3OI)=CNC2)c(OC)c1. The van der Waals surface area contributed by atoms with Gasteiger partial charge in [0.25, 0.3) is 20.0 Å². The van der Waals surface area contributed by atoms with E-state index in [2.05, 4.69) is 45.1 Å². The van der Waals surface area contributed by atoms with Crippen LogP contribution in [0.5, 0.6) is 40.2 Å². The van der Waals surface area contributed by atoms with Crippen LogP contribution < -0.4 is 46.2 Å². The van der Waals surface area contributed by atoms with Crippen LogP contribution in [0.25, 0.3) is 16.7 Å². The number of alkyl halides is 6. The first-order chi connectivity index (χ1) is 30.6. The molecule has 0 amide bonds. The van der Waals surface area contributed by atoms with Gasteiger partial charge in [0, 0.05) is 63.9 Å². The molecular formula is C40H32BrF6IN4O11S2. The molecule has 0 saturated carbocycles. The fourth-order valence-corrected chi connectivity index (χ4v) is 9.54. The maximum atomic E-state index is 13.8. The third kappa shape index (κ3) is 12.3. The number of hydrogen-bond acceptors (Lipinski definition) is 13. The number of aromatic nitrogens is 1. The molecule has 1 aromatic heterocycles. The van der Waals surface area contributed by atoms with Gasteiger partial charge in [0.1, 0.15) is 50.9 Å². The first-order valence-corrected chi connectivity index (χ1v) is 22.7. The first-order valence-electron chi connectivity index (χ1n) is 18.1. The van der Waals surface area contributed by atoms with Gasteiger partial charge in [-0.25, -0.2) is 16.8 Å². The fourth-order valence-electron chi connectivity index (χ4n) is 6.16. The Morgan fingerprint density at radius 1 is 0.708 bits per heavy atom. The van der Waals surface area contributed by atoms with Crippen molar-refractivity contribution < 1.29 is 74.7 Å². The minimum Gasteiger partial charge on any atom is -0.497 e. The third-order valence-corrected chi connectivity index (χ3v) is 12.7. The van der Waals surface area contributed by atoms with E-state index >= 15 is 0 Å². The van der Waals surface area contributed by atoms with Crippen molar-refractivity contribution >= 4 is 70.2 Å². The Bertz CT molecular complexity index is 2890. The van der Waals surface area contributed by atoms with Crippen molar-refractivity contribution in [3.63, 3.8) is 0 Å². The molecule has 2 heterocycles. The standard InChI is InChI=1S/C40H32BrF6IN4O11S2/c1-57-28-5-7-30(34(14-28)58-2)22-10-27(20-49-17-22)52-65(55,56)38-16-33(62-40(45,46)47)24(12-36(38)63-48)21-60-29-6-8-31(35(15-29)59-3)23-11-26(19-50-18-23)51-64(53,54)37-13-25(41)4-9-32(37)61-39(42,43)44/h4-16,18-20,49,51-52H,17,21H2,1-3H3. The lowest BCUT2D eigenvalue weighted by atomic mass is 10.0. The van der Waals surface area contributed by atoms with E-state index in [1.165, 1.54) is 93.1 Å². The number of anilines is 1. The largest absolute Gasteiger partial charge is 0.573 e. The lowest BCUT2D eigenvalue weighted by Gasteiger charge is -2.21. The Labute approximate surface area is 389 Å². The lowest BCUT2D eigenvalue weighted by molar-refractivity contribution is -0.276. The molecule has 0 saturated heterocycles. The first kappa shape index (κ1) is 48.7. The van der Waals surface area contributed by atoms with Gasteiger partial charge in [0.2, 0.25) is 0 Å². The zero-order valence-electron chi connectivity index (χ0n) is 33.4. The van der Waals surface area contributed by atoms with E-state index in [9.17, 15) is 43.2 Å². The molecule has 0 fully saturated rings. The molecule has 1 aliphatic heterocycles. The Kier molecular flexibility index (Phi) is 14.8. The van der Waals surface area contributed by atoms with E-state index in [1.807, 2.05) is 0 Å². The van der Waals surface area contributed by atoms with Crippen LogP contribution in [0.15, 0.2) is 117 Å². The summed E-state index contributed by atoms with van der Waals surface area (Å²) in [6.45, 7) is -0.338. The second-order valence-electron chi connectivity index (χ2n) is 13.2. The number of allylic oxidation sites excluding steroid dienone is 1. The molecule has 0 aliphatic carbocycles. The van der Waals surface area contributed by atoms with Gasteiger partial charge >= 0.3 is 12.7 Å². The van der Waals surface area contributed by atoms with Crippen LogP contribution in [0.1, 0.15) is 11.1 Å². The lowest BCUT2D eigenvalue weighted by Crippen LogP contribution is -2.27. The van der Waals surface area contributed by atoms with Gasteiger partial charge in [-0.2, -0.15) is 0 Å². The van der Waals surface area contributed by atoms with E-state index in [0.717, 1.165) is 24.4 Å². The number of nitrogens with one attached hydrogen (secondary N) is 3. The number of pyridine rings is 1. The Morgan fingerprint density at radius 3 is 2.02 bits per heavy atom. The highest BCUT2D eigenvalue weighted by atomic mass is 127. The zero-order chi connectivity index (χ0) is 47.3. The minimum atomic E-state index is -5.26. The number of benzene rings is 4. The number of hydrogen-bond donors (Lipinski definition) is 3. The average Bonchev–Trinajstić information content (AvgIpc) is 3.24. The second-order valence-corrected chi connectivity index (χ2v) is 17.9. The van der Waals surface area contributed by atoms with Crippen LogP contribution in [0.3, 0.4) is 0 Å². The molecule has 15 nitrogen and oxygen atoms in total. The van der Waals surface area contributed by atoms with Crippen LogP contribution in [0, 0.1) is 0 Å². The summed E-state index contributed by atoms with van der Waals surface area (Å²) in [6.07, 6.45) is -5.13. The Morgan fingerprint density at radius 2 is 1.34 bits per heavy atom. The van der Waals surface area contributed by atoms with Gasteiger partial charge in [-0.05, 0) is 66.2 Å². The monoisotopic (exact) mass is 1130 g/mol. The van der Waals surface area contributed by atoms with Crippen molar-refractivity contribution in [1.29, 1.82) is 0 Å². The molecule has 0 bridgehead atoms. The van der Waals surface area contributed by atoms with Gasteiger partial charge in [-0.15, -0.1) is 26.3 Å². The molecule has 4 aromatic carbocycles. The predicted molar refractivity (Wildman–Crippen MR) is 234 cm³/mol. The van der Waals surface area contributed by atoms with Crippen LogP contribution in [-0.4, -0.2) is 62.4 Å². The smallest absolute Gasteiger partial charge is 0.497 e. The number of dihydropyridines is 1. The maximum Gasteiger partial charge on any atom is 0.573 e. The van der Waals surface area contributed by atoms with Crippen LogP contribution in [0.2, 0.25) is 0 Å². The number of ether oxygens (including phenoxy) is 6. The summed E-state index contributed by atoms with van der Waals surface area (Å²) < 4.78 is 175. The zero-order valence-corrected chi connectivity index (χ0v) is 38.8. The highest BCUT2D eigenvalue weighted by molar-refractivity contribution is 14.1. The topological polar surface area (TPSA) is 182 Å². The van der Waals surface area contributed by atoms with E-state index in [-0.39, 0.29) is 50.8 Å². The molecule has 0 radical (unpaired) electrons. The van der Waals surface area contributed by atoms with Crippen molar-refractivity contribution in [2.45, 2.75) is 29.1 Å². The molecule has 346 valence electrons. The number of halogens is 8. The van der Waals surface area contributed by atoms with Crippen molar-refractivity contribution in [2.75, 3.05) is 32.6 Å². The van der Waals surface area contributed by atoms with Gasteiger partial charge in [0.15, 0.2) is 28.8 Å². The van der Waals surface area contributed by atoms with E-state index < -0.39 is 60.7 Å². The van der Waals surface area contributed by atoms with Gasteiger partial charge in [-0.3, -0.25) is 14.4 Å². The van der Waals surface area contributed by atoms with Gasteiger partial charge < -0.3 is 36.8 Å².